The van der Waals surface area contributed by atoms with E-state index >= 15 is 0 Å². The average Bonchev–Trinajstić information content (AvgIpc) is 2.72. The Kier molecular flexibility index (Phi) is 10.9. The van der Waals surface area contributed by atoms with Gasteiger partial charge in [0, 0.05) is 6.42 Å². The number of nitrogens with one attached hydrogen (secondary N) is 1. The van der Waals surface area contributed by atoms with E-state index in [9.17, 15) is 14.5 Å². The molecule has 0 aromatic heterocycles. The second kappa shape index (κ2) is 12.8. The fourth-order valence-corrected chi connectivity index (χ4v) is 6.48. The SMILES string of the molecule is CCOP(=O)(OCC)C(Cc1ccc(Oc2cc(I)c(O)c(I)c2)cc1)NC(=O)OC(C)(C)C. The monoisotopic (exact) mass is 717 g/mol. The molecular weight excluding hydrogens is 687 g/mol. The van der Waals surface area contributed by atoms with Crippen LogP contribution in [0.4, 0.5) is 4.79 Å². The number of phenols is 1. The summed E-state index contributed by atoms with van der Waals surface area (Å²) in [6.45, 7) is 9.02. The number of alkyl carbamates (subject to hydrolysis) is 1. The van der Waals surface area contributed by atoms with E-state index in [0.29, 0.717) is 18.6 Å². The molecule has 0 aliphatic carbocycles. The van der Waals surface area contributed by atoms with Crippen molar-refractivity contribution in [3.63, 3.8) is 0 Å². The molecule has 8 nitrogen and oxygen atoms in total. The molecule has 0 saturated carbocycles. The van der Waals surface area contributed by atoms with Crippen LogP contribution in [-0.2, 0) is 24.8 Å². The first-order chi connectivity index (χ1) is 15.9. The largest absolute Gasteiger partial charge is 0.506 e. The first-order valence-corrected chi connectivity index (χ1v) is 14.5. The van der Waals surface area contributed by atoms with Gasteiger partial charge < -0.3 is 28.9 Å². The summed E-state index contributed by atoms with van der Waals surface area (Å²) in [5.74, 6) is 0.478. The maximum Gasteiger partial charge on any atom is 0.408 e. The van der Waals surface area contributed by atoms with Gasteiger partial charge >= 0.3 is 13.7 Å². The van der Waals surface area contributed by atoms with Gasteiger partial charge in [-0.3, -0.25) is 4.57 Å². The van der Waals surface area contributed by atoms with Gasteiger partial charge in [0.15, 0.2) is 0 Å². The predicted octanol–water partition coefficient (Wildman–Crippen LogP) is 7.05. The van der Waals surface area contributed by atoms with E-state index in [-0.39, 0.29) is 25.4 Å². The third-order valence-electron chi connectivity index (χ3n) is 4.26. The van der Waals surface area contributed by atoms with E-state index in [1.54, 1.807) is 58.9 Å². The Hall–Kier alpha value is -1.08. The van der Waals surface area contributed by atoms with Crippen molar-refractivity contribution in [2.75, 3.05) is 13.2 Å². The Bertz CT molecular complexity index is 992. The maximum absolute atomic E-state index is 13.5. The fourth-order valence-electron chi connectivity index (χ4n) is 2.92. The van der Waals surface area contributed by atoms with Crippen LogP contribution in [0.1, 0.15) is 40.2 Å². The highest BCUT2D eigenvalue weighted by Crippen LogP contribution is 2.53. The molecule has 34 heavy (non-hydrogen) atoms. The highest BCUT2D eigenvalue weighted by atomic mass is 127. The van der Waals surface area contributed by atoms with Crippen LogP contribution in [0.3, 0.4) is 0 Å². The lowest BCUT2D eigenvalue weighted by Crippen LogP contribution is -2.41. The lowest BCUT2D eigenvalue weighted by atomic mass is 10.1. The third-order valence-corrected chi connectivity index (χ3v) is 8.22. The summed E-state index contributed by atoms with van der Waals surface area (Å²) in [7, 11) is -3.67. The van der Waals surface area contributed by atoms with Crippen molar-refractivity contribution >= 4 is 58.9 Å². The van der Waals surface area contributed by atoms with Gasteiger partial charge in [-0.15, -0.1) is 0 Å². The van der Waals surface area contributed by atoms with Crippen LogP contribution >= 0.6 is 52.8 Å². The molecular formula is C23H30I2NO7P. The van der Waals surface area contributed by atoms with Crippen molar-refractivity contribution < 1.29 is 33.0 Å². The van der Waals surface area contributed by atoms with Crippen molar-refractivity contribution in [3.05, 3.63) is 49.1 Å². The second-order valence-corrected chi connectivity index (χ2v) is 12.8. The summed E-state index contributed by atoms with van der Waals surface area (Å²) in [5.41, 5.74) is 0.0847. The Morgan fingerprint density at radius 1 is 1.03 bits per heavy atom. The highest BCUT2D eigenvalue weighted by Gasteiger charge is 2.38. The minimum atomic E-state index is -3.67. The summed E-state index contributed by atoms with van der Waals surface area (Å²) in [4.78, 5) is 12.4. The number of hydrogen-bond donors (Lipinski definition) is 2. The number of carbonyl (C=O) groups is 1. The number of halogens is 2. The van der Waals surface area contributed by atoms with Gasteiger partial charge in [-0.1, -0.05) is 12.1 Å². The van der Waals surface area contributed by atoms with E-state index in [4.69, 9.17) is 18.5 Å². The standard InChI is InChI=1S/C23H30I2NO7P/c1-6-30-34(29,31-7-2)20(26-22(28)33-23(3,4)5)12-15-8-10-16(11-9-15)32-17-13-18(24)21(27)19(25)14-17/h8-11,13-14,20,27H,6-7,12H2,1-5H3,(H,26,28). The molecule has 2 rings (SSSR count). The Morgan fingerprint density at radius 3 is 2.03 bits per heavy atom. The molecule has 11 heteroatoms. The van der Waals surface area contributed by atoms with Crippen molar-refractivity contribution in [3.8, 4) is 17.2 Å². The number of ether oxygens (including phenoxy) is 2. The zero-order valence-electron chi connectivity index (χ0n) is 19.8. The Balaban J connectivity index is 2.22. The van der Waals surface area contributed by atoms with E-state index in [1.807, 2.05) is 57.3 Å². The van der Waals surface area contributed by atoms with E-state index in [0.717, 1.165) is 5.56 Å². The van der Waals surface area contributed by atoms with E-state index in [2.05, 4.69) is 5.32 Å². The topological polar surface area (TPSA) is 103 Å². The minimum Gasteiger partial charge on any atom is -0.506 e. The normalized spacial score (nSPS) is 12.8. The van der Waals surface area contributed by atoms with Gasteiger partial charge in [0.05, 0.1) is 20.4 Å². The molecule has 1 atom stereocenters. The van der Waals surface area contributed by atoms with Crippen LogP contribution in [0.5, 0.6) is 17.2 Å². The zero-order valence-corrected chi connectivity index (χ0v) is 25.0. The quantitative estimate of drug-likeness (QED) is 0.201. The molecule has 0 aliphatic heterocycles. The number of phenolic OH excluding ortho intramolecular Hbond substituents is 1. The van der Waals surface area contributed by atoms with Crippen LogP contribution in [0.15, 0.2) is 36.4 Å². The summed E-state index contributed by atoms with van der Waals surface area (Å²) in [6.07, 6.45) is -0.500. The number of rotatable bonds is 10. The summed E-state index contributed by atoms with van der Waals surface area (Å²) in [5, 5.41) is 12.6. The van der Waals surface area contributed by atoms with E-state index < -0.39 is 25.1 Å². The number of carbonyl (C=O) groups excluding carboxylic acids is 1. The number of amides is 1. The average molecular weight is 717 g/mol. The van der Waals surface area contributed by atoms with Gasteiger partial charge in [-0.25, -0.2) is 4.79 Å². The van der Waals surface area contributed by atoms with Crippen molar-refractivity contribution in [2.24, 2.45) is 0 Å². The van der Waals surface area contributed by atoms with Gasteiger partial charge in [0.1, 0.15) is 28.6 Å². The first kappa shape index (κ1) is 29.2. The zero-order chi connectivity index (χ0) is 25.5. The number of hydrogen-bond acceptors (Lipinski definition) is 7. The molecule has 1 amide bonds. The maximum atomic E-state index is 13.5. The third kappa shape index (κ3) is 8.85. The Labute approximate surface area is 227 Å². The molecule has 2 aromatic rings. The van der Waals surface area contributed by atoms with Crippen molar-refractivity contribution in [2.45, 2.75) is 52.4 Å². The highest BCUT2D eigenvalue weighted by molar-refractivity contribution is 14.1. The number of benzene rings is 2. The molecule has 2 N–H and O–H groups in total. The summed E-state index contributed by atoms with van der Waals surface area (Å²) >= 11 is 4.09. The molecule has 0 saturated heterocycles. The fraction of sp³-hybridized carbons (Fsp3) is 0.435. The van der Waals surface area contributed by atoms with Crippen molar-refractivity contribution in [1.29, 1.82) is 0 Å². The van der Waals surface area contributed by atoms with Gasteiger partial charge in [0.2, 0.25) is 0 Å². The molecule has 1 unspecified atom stereocenters. The number of aromatic hydroxyl groups is 1. The molecule has 0 radical (unpaired) electrons. The first-order valence-electron chi connectivity index (χ1n) is 10.7. The van der Waals surface area contributed by atoms with Gasteiger partial charge in [-0.2, -0.15) is 0 Å². The summed E-state index contributed by atoms with van der Waals surface area (Å²) < 4.78 is 37.1. The van der Waals surface area contributed by atoms with E-state index in [1.165, 1.54) is 0 Å². The molecule has 0 spiro atoms. The van der Waals surface area contributed by atoms with Crippen LogP contribution in [-0.4, -0.2) is 35.8 Å². The lowest BCUT2D eigenvalue weighted by molar-refractivity contribution is 0.0509. The molecule has 0 bridgehead atoms. The smallest absolute Gasteiger partial charge is 0.408 e. The second-order valence-electron chi connectivity index (χ2n) is 8.22. The van der Waals surface area contributed by atoms with Crippen LogP contribution in [0, 0.1) is 7.14 Å². The van der Waals surface area contributed by atoms with Gasteiger partial charge in [-0.05, 0) is 110 Å². The van der Waals surface area contributed by atoms with Crippen LogP contribution < -0.4 is 10.1 Å². The molecule has 2 aromatic carbocycles. The van der Waals surface area contributed by atoms with Crippen molar-refractivity contribution in [1.82, 2.24) is 5.32 Å². The molecule has 0 fully saturated rings. The Morgan fingerprint density at radius 2 is 1.56 bits per heavy atom. The predicted molar refractivity (Wildman–Crippen MR) is 148 cm³/mol. The molecule has 188 valence electrons. The van der Waals surface area contributed by atoms with Crippen LogP contribution in [0.25, 0.3) is 0 Å². The summed E-state index contributed by atoms with van der Waals surface area (Å²) in [6, 6.07) is 10.7. The van der Waals surface area contributed by atoms with Gasteiger partial charge in [0.25, 0.3) is 0 Å². The molecule has 0 aliphatic rings. The lowest BCUT2D eigenvalue weighted by Gasteiger charge is -2.28. The molecule has 0 heterocycles. The minimum absolute atomic E-state index is 0.167. The van der Waals surface area contributed by atoms with Crippen LogP contribution in [0.2, 0.25) is 0 Å².